The number of halogens is 1. The number of benzene rings is 1. The number of hydrogen-bond acceptors (Lipinski definition) is 4. The Morgan fingerprint density at radius 2 is 2.22 bits per heavy atom. The molecule has 122 valence electrons. The van der Waals surface area contributed by atoms with E-state index < -0.39 is 5.82 Å². The lowest BCUT2D eigenvalue weighted by Gasteiger charge is -2.15. The van der Waals surface area contributed by atoms with E-state index in [1.807, 2.05) is 13.8 Å². The summed E-state index contributed by atoms with van der Waals surface area (Å²) in [5.41, 5.74) is 0. The van der Waals surface area contributed by atoms with Crippen LogP contribution in [0.3, 0.4) is 0 Å². The molecule has 6 heteroatoms. The summed E-state index contributed by atoms with van der Waals surface area (Å²) >= 11 is 0. The van der Waals surface area contributed by atoms with Gasteiger partial charge in [0.1, 0.15) is 6.61 Å². The maximum absolute atomic E-state index is 14.7. The van der Waals surface area contributed by atoms with Crippen molar-refractivity contribution in [2.45, 2.75) is 38.8 Å². The van der Waals surface area contributed by atoms with Crippen LogP contribution in [0.25, 0.3) is 10.8 Å². The number of nitrogens with one attached hydrogen (secondary N) is 1. The molecule has 0 unspecified atom stereocenters. The molecule has 1 aliphatic rings. The third-order valence-corrected chi connectivity index (χ3v) is 3.67. The molecule has 0 bridgehead atoms. The topological polar surface area (TPSA) is 60.5 Å². The van der Waals surface area contributed by atoms with Gasteiger partial charge in [0.05, 0.1) is 17.5 Å². The van der Waals surface area contributed by atoms with E-state index in [-0.39, 0.29) is 36.3 Å². The van der Waals surface area contributed by atoms with Crippen LogP contribution in [0.4, 0.5) is 4.39 Å². The van der Waals surface area contributed by atoms with Crippen molar-refractivity contribution in [3.63, 3.8) is 0 Å². The first-order chi connectivity index (χ1) is 11.0. The minimum atomic E-state index is -0.477. The average Bonchev–Trinajstić information content (AvgIpc) is 2.93. The summed E-state index contributed by atoms with van der Waals surface area (Å²) in [5.74, 6) is -0.0621. The summed E-state index contributed by atoms with van der Waals surface area (Å²) in [7, 11) is 0. The zero-order chi connectivity index (χ0) is 16.4. The first kappa shape index (κ1) is 15.5. The second-order valence-corrected chi connectivity index (χ2v) is 5.87. The van der Waals surface area contributed by atoms with Crippen LogP contribution in [-0.2, 0) is 4.79 Å². The van der Waals surface area contributed by atoms with Gasteiger partial charge in [-0.05, 0) is 37.8 Å². The third-order valence-electron chi connectivity index (χ3n) is 3.67. The molecule has 1 aromatic carbocycles. The fourth-order valence-electron chi connectivity index (χ4n) is 2.61. The van der Waals surface area contributed by atoms with Crippen LogP contribution in [0.1, 0.15) is 26.7 Å². The van der Waals surface area contributed by atoms with Gasteiger partial charge in [0, 0.05) is 12.6 Å². The number of hydrogen-bond donors (Lipinski definition) is 1. The molecule has 5 nitrogen and oxygen atoms in total. The smallest absolute Gasteiger partial charge is 0.224 e. The van der Waals surface area contributed by atoms with Crippen molar-refractivity contribution >= 4 is 16.7 Å². The van der Waals surface area contributed by atoms with E-state index in [0.717, 1.165) is 0 Å². The predicted octanol–water partition coefficient (Wildman–Crippen LogP) is 2.82. The largest absolute Gasteiger partial charge is 0.488 e. The van der Waals surface area contributed by atoms with Crippen molar-refractivity contribution in [3.05, 3.63) is 30.2 Å². The fourth-order valence-corrected chi connectivity index (χ4v) is 2.61. The Labute approximate surface area is 133 Å². The Hall–Kier alpha value is -2.37. The predicted molar refractivity (Wildman–Crippen MR) is 84.1 cm³/mol. The number of fused-ring (bicyclic) bond motifs is 1. The third kappa shape index (κ3) is 3.36. The van der Waals surface area contributed by atoms with Crippen molar-refractivity contribution in [1.82, 2.24) is 10.3 Å². The van der Waals surface area contributed by atoms with Crippen LogP contribution in [0.5, 0.6) is 11.6 Å². The number of amides is 1. The highest BCUT2D eigenvalue weighted by molar-refractivity contribution is 5.88. The highest BCUT2D eigenvalue weighted by atomic mass is 19.1. The maximum Gasteiger partial charge on any atom is 0.224 e. The molecule has 1 aromatic heterocycles. The van der Waals surface area contributed by atoms with Gasteiger partial charge < -0.3 is 14.8 Å². The molecule has 23 heavy (non-hydrogen) atoms. The highest BCUT2D eigenvalue weighted by Gasteiger charge is 2.22. The summed E-state index contributed by atoms with van der Waals surface area (Å²) in [4.78, 5) is 15.4. The summed E-state index contributed by atoms with van der Waals surface area (Å²) in [6.07, 6.45) is 2.66. The lowest BCUT2D eigenvalue weighted by atomic mass is 10.1. The minimum Gasteiger partial charge on any atom is -0.488 e. The molecule has 1 N–H and O–H groups in total. The van der Waals surface area contributed by atoms with Crippen molar-refractivity contribution in [1.29, 1.82) is 0 Å². The van der Waals surface area contributed by atoms with Crippen LogP contribution in [-0.4, -0.2) is 29.6 Å². The Balaban J connectivity index is 1.88. The Kier molecular flexibility index (Phi) is 4.32. The van der Waals surface area contributed by atoms with Gasteiger partial charge in [0.2, 0.25) is 11.8 Å². The summed E-state index contributed by atoms with van der Waals surface area (Å²) < 4.78 is 25.9. The molecule has 1 aliphatic heterocycles. The first-order valence-corrected chi connectivity index (χ1v) is 7.70. The van der Waals surface area contributed by atoms with Crippen molar-refractivity contribution in [2.24, 2.45) is 0 Å². The molecule has 1 fully saturated rings. The van der Waals surface area contributed by atoms with Gasteiger partial charge in [-0.1, -0.05) is 6.07 Å². The molecule has 1 saturated heterocycles. The number of ether oxygens (including phenoxy) is 2. The van der Waals surface area contributed by atoms with Crippen LogP contribution in [0, 0.1) is 5.82 Å². The van der Waals surface area contributed by atoms with Gasteiger partial charge in [0.15, 0.2) is 11.6 Å². The summed E-state index contributed by atoms with van der Waals surface area (Å²) in [5, 5.41) is 3.81. The van der Waals surface area contributed by atoms with E-state index in [0.29, 0.717) is 23.6 Å². The molecule has 3 rings (SSSR count). The van der Waals surface area contributed by atoms with E-state index in [4.69, 9.17) is 9.47 Å². The zero-order valence-electron chi connectivity index (χ0n) is 13.1. The molecule has 2 heterocycles. The van der Waals surface area contributed by atoms with Gasteiger partial charge in [-0.15, -0.1) is 0 Å². The van der Waals surface area contributed by atoms with Gasteiger partial charge in [-0.2, -0.15) is 0 Å². The number of carbonyl (C=O) groups is 1. The Morgan fingerprint density at radius 1 is 1.39 bits per heavy atom. The van der Waals surface area contributed by atoms with Crippen LogP contribution < -0.4 is 14.8 Å². The zero-order valence-corrected chi connectivity index (χ0v) is 13.1. The Morgan fingerprint density at radius 3 is 2.91 bits per heavy atom. The summed E-state index contributed by atoms with van der Waals surface area (Å²) in [6.45, 7) is 3.95. The monoisotopic (exact) mass is 318 g/mol. The van der Waals surface area contributed by atoms with Crippen molar-refractivity contribution in [3.8, 4) is 11.6 Å². The lowest BCUT2D eigenvalue weighted by Crippen LogP contribution is -2.31. The molecule has 0 spiro atoms. The van der Waals surface area contributed by atoms with Crippen molar-refractivity contribution < 1.29 is 18.7 Å². The second kappa shape index (κ2) is 6.40. The summed E-state index contributed by atoms with van der Waals surface area (Å²) in [6, 6.07) is 5.06. The van der Waals surface area contributed by atoms with Gasteiger partial charge in [0.25, 0.3) is 0 Å². The van der Waals surface area contributed by atoms with E-state index >= 15 is 0 Å². The molecule has 1 amide bonds. The number of aromatic nitrogens is 1. The molecule has 0 saturated carbocycles. The van der Waals surface area contributed by atoms with Gasteiger partial charge in [-0.25, -0.2) is 9.37 Å². The molecular weight excluding hydrogens is 299 g/mol. The quantitative estimate of drug-likeness (QED) is 0.921. The number of rotatable bonds is 5. The number of pyridine rings is 1. The molecule has 0 radical (unpaired) electrons. The van der Waals surface area contributed by atoms with E-state index in [1.165, 1.54) is 0 Å². The SMILES string of the molecule is CC(C)Oc1ccc2ccnc(OC[C@@H]3CCC(=O)N3)c2c1F. The normalized spacial score (nSPS) is 17.6. The first-order valence-electron chi connectivity index (χ1n) is 7.70. The maximum atomic E-state index is 14.7. The number of carbonyl (C=O) groups excluding carboxylic acids is 1. The van der Waals surface area contributed by atoms with E-state index in [1.54, 1.807) is 24.4 Å². The number of nitrogens with zero attached hydrogens (tertiary/aromatic N) is 1. The van der Waals surface area contributed by atoms with E-state index in [2.05, 4.69) is 10.3 Å². The lowest BCUT2D eigenvalue weighted by molar-refractivity contribution is -0.119. The van der Waals surface area contributed by atoms with Crippen LogP contribution >= 0.6 is 0 Å². The highest BCUT2D eigenvalue weighted by Crippen LogP contribution is 2.32. The molecule has 0 aliphatic carbocycles. The average molecular weight is 318 g/mol. The second-order valence-electron chi connectivity index (χ2n) is 5.87. The van der Waals surface area contributed by atoms with E-state index in [9.17, 15) is 9.18 Å². The molecular formula is C17H19FN2O3. The van der Waals surface area contributed by atoms with Crippen molar-refractivity contribution in [2.75, 3.05) is 6.61 Å². The fraction of sp³-hybridized carbons (Fsp3) is 0.412. The molecule has 1 atom stereocenters. The minimum absolute atomic E-state index is 0.0169. The van der Waals surface area contributed by atoms with Crippen LogP contribution in [0.15, 0.2) is 24.4 Å². The van der Waals surface area contributed by atoms with Crippen LogP contribution in [0.2, 0.25) is 0 Å². The molecule has 2 aromatic rings. The van der Waals surface area contributed by atoms with Gasteiger partial charge >= 0.3 is 0 Å². The standard InChI is InChI=1S/C17H19FN2O3/c1-10(2)23-13-5-3-11-7-8-19-17(15(11)16(13)18)22-9-12-4-6-14(21)20-12/h3,5,7-8,10,12H,4,6,9H2,1-2H3,(H,20,21)/t12-/m0/s1. The van der Waals surface area contributed by atoms with Gasteiger partial charge in [-0.3, -0.25) is 4.79 Å². The Bertz CT molecular complexity index is 733.